The van der Waals surface area contributed by atoms with Gasteiger partial charge in [-0.2, -0.15) is 4.31 Å². The fraction of sp³-hybridized carbons (Fsp3) is 0.667. The molecule has 0 unspecified atom stereocenters. The number of benzene rings is 1. The van der Waals surface area contributed by atoms with Crippen LogP contribution in [0.2, 0.25) is 0 Å². The highest BCUT2D eigenvalue weighted by Gasteiger charge is 2.29. The van der Waals surface area contributed by atoms with E-state index in [0.29, 0.717) is 51.5 Å². The van der Waals surface area contributed by atoms with Gasteiger partial charge in [0.1, 0.15) is 5.69 Å². The fourth-order valence-electron chi connectivity index (χ4n) is 4.37. The molecular weight excluding hydrogens is 434 g/mol. The van der Waals surface area contributed by atoms with Crippen LogP contribution in [0.4, 0.5) is 11.4 Å². The average Bonchev–Trinajstić information content (AvgIpc) is 2.80. The summed E-state index contributed by atoms with van der Waals surface area (Å²) in [6, 6.07) is 4.14. The monoisotopic (exact) mass is 467 g/mol. The van der Waals surface area contributed by atoms with Crippen molar-refractivity contribution >= 4 is 27.3 Å². The topological polar surface area (TPSA) is 107 Å². The Kier molecular flexibility index (Phi) is 8.07. The Morgan fingerprint density at radius 2 is 1.66 bits per heavy atom. The summed E-state index contributed by atoms with van der Waals surface area (Å²) in [5, 5.41) is 11.7. The van der Waals surface area contributed by atoms with E-state index in [9.17, 15) is 23.3 Å². The van der Waals surface area contributed by atoms with Gasteiger partial charge in [0.05, 0.1) is 16.4 Å². The van der Waals surface area contributed by atoms with Crippen LogP contribution in [0.1, 0.15) is 33.1 Å². The van der Waals surface area contributed by atoms with E-state index in [4.69, 9.17) is 0 Å². The number of piperazine rings is 1. The predicted molar refractivity (Wildman–Crippen MR) is 122 cm³/mol. The van der Waals surface area contributed by atoms with Crippen molar-refractivity contribution in [3.63, 3.8) is 0 Å². The van der Waals surface area contributed by atoms with Gasteiger partial charge in [-0.25, -0.2) is 8.42 Å². The van der Waals surface area contributed by atoms with Gasteiger partial charge in [0.15, 0.2) is 0 Å². The van der Waals surface area contributed by atoms with Crippen LogP contribution in [0.25, 0.3) is 0 Å². The smallest absolute Gasteiger partial charge is 0.293 e. The van der Waals surface area contributed by atoms with Crippen LogP contribution < -0.4 is 4.90 Å². The third-order valence-electron chi connectivity index (χ3n) is 6.27. The molecule has 2 aliphatic rings. The van der Waals surface area contributed by atoms with Crippen LogP contribution in [0.15, 0.2) is 23.1 Å². The number of anilines is 1. The molecular formula is C21H33N5O5S. The summed E-state index contributed by atoms with van der Waals surface area (Å²) in [5.41, 5.74) is 0.201. The van der Waals surface area contributed by atoms with Crippen molar-refractivity contribution in [3.8, 4) is 0 Å². The molecule has 0 radical (unpaired) electrons. The largest absolute Gasteiger partial charge is 0.363 e. The zero-order valence-electron chi connectivity index (χ0n) is 18.9. The van der Waals surface area contributed by atoms with Crippen LogP contribution in [0.3, 0.4) is 0 Å². The number of rotatable bonds is 8. The zero-order chi connectivity index (χ0) is 23.3. The lowest BCUT2D eigenvalue weighted by atomic mass is 10.1. The van der Waals surface area contributed by atoms with E-state index in [2.05, 4.69) is 4.90 Å². The summed E-state index contributed by atoms with van der Waals surface area (Å²) in [6.45, 7) is 8.41. The first-order chi connectivity index (χ1) is 15.3. The Hall–Kier alpha value is -2.24. The molecule has 1 aromatic carbocycles. The van der Waals surface area contributed by atoms with Gasteiger partial charge in [-0.3, -0.25) is 19.8 Å². The third-order valence-corrected chi connectivity index (χ3v) is 8.31. The molecule has 0 saturated carbocycles. The molecule has 10 nitrogen and oxygen atoms in total. The van der Waals surface area contributed by atoms with Gasteiger partial charge >= 0.3 is 0 Å². The van der Waals surface area contributed by atoms with Crippen LogP contribution in [-0.4, -0.2) is 92.3 Å². The lowest BCUT2D eigenvalue weighted by Gasteiger charge is -2.37. The number of hydrogen-bond acceptors (Lipinski definition) is 7. The van der Waals surface area contributed by atoms with Gasteiger partial charge in [-0.15, -0.1) is 0 Å². The van der Waals surface area contributed by atoms with Gasteiger partial charge in [0, 0.05) is 58.4 Å². The average molecular weight is 468 g/mol. The summed E-state index contributed by atoms with van der Waals surface area (Å²) < 4.78 is 26.8. The first-order valence-corrected chi connectivity index (χ1v) is 12.8. The highest BCUT2D eigenvalue weighted by molar-refractivity contribution is 7.89. The quantitative estimate of drug-likeness (QED) is 0.423. The minimum atomic E-state index is -3.78. The number of hydrogen-bond donors (Lipinski definition) is 0. The van der Waals surface area contributed by atoms with Crippen molar-refractivity contribution in [2.45, 2.75) is 38.0 Å². The number of piperidine rings is 1. The Morgan fingerprint density at radius 1 is 1.03 bits per heavy atom. The molecule has 1 aromatic rings. The molecule has 0 bridgehead atoms. The predicted octanol–water partition coefficient (Wildman–Crippen LogP) is 1.76. The molecule has 0 aromatic heterocycles. The first kappa shape index (κ1) is 24.4. The highest BCUT2D eigenvalue weighted by Crippen LogP contribution is 2.32. The second kappa shape index (κ2) is 10.6. The first-order valence-electron chi connectivity index (χ1n) is 11.3. The summed E-state index contributed by atoms with van der Waals surface area (Å²) in [6.07, 6.45) is 3.29. The molecule has 0 atom stereocenters. The van der Waals surface area contributed by atoms with E-state index in [1.165, 1.54) is 22.9 Å². The molecule has 0 spiro atoms. The van der Waals surface area contributed by atoms with Crippen molar-refractivity contribution in [1.82, 2.24) is 14.1 Å². The zero-order valence-corrected chi connectivity index (χ0v) is 19.7. The number of carbonyl (C=O) groups is 1. The van der Waals surface area contributed by atoms with Gasteiger partial charge in [0.2, 0.25) is 15.9 Å². The third kappa shape index (κ3) is 5.38. The Bertz CT molecular complexity index is 921. The van der Waals surface area contributed by atoms with Gasteiger partial charge in [-0.1, -0.05) is 13.8 Å². The molecule has 0 N–H and O–H groups in total. The minimum Gasteiger partial charge on any atom is -0.363 e. The van der Waals surface area contributed by atoms with Crippen LogP contribution in [0.5, 0.6) is 0 Å². The molecule has 11 heteroatoms. The van der Waals surface area contributed by atoms with Crippen LogP contribution in [0, 0.1) is 10.1 Å². The van der Waals surface area contributed by atoms with E-state index in [0.717, 1.165) is 32.0 Å². The summed E-state index contributed by atoms with van der Waals surface area (Å²) >= 11 is 0. The molecule has 2 fully saturated rings. The lowest BCUT2D eigenvalue weighted by Crippen LogP contribution is -2.50. The molecule has 1 amide bonds. The SMILES string of the molecule is CCN(CC)S(=O)(=O)c1ccc(N2CCN(CC(=O)N3CCCCC3)CC2)c([N+](=O)[O-])c1. The number of amides is 1. The van der Waals surface area contributed by atoms with Crippen molar-refractivity contribution in [2.75, 3.05) is 63.8 Å². The van der Waals surface area contributed by atoms with Crippen molar-refractivity contribution < 1.29 is 18.1 Å². The van der Waals surface area contributed by atoms with E-state index in [-0.39, 0.29) is 16.5 Å². The summed E-state index contributed by atoms with van der Waals surface area (Å²) in [4.78, 5) is 29.6. The van der Waals surface area contributed by atoms with Crippen molar-refractivity contribution in [3.05, 3.63) is 28.3 Å². The van der Waals surface area contributed by atoms with Crippen molar-refractivity contribution in [1.29, 1.82) is 0 Å². The minimum absolute atomic E-state index is 0.0672. The number of likely N-dealkylation sites (tertiary alicyclic amines) is 1. The second-order valence-corrected chi connectivity index (χ2v) is 10.1. The van der Waals surface area contributed by atoms with Crippen LogP contribution >= 0.6 is 0 Å². The number of nitro benzene ring substituents is 1. The maximum atomic E-state index is 12.8. The fourth-order valence-corrected chi connectivity index (χ4v) is 5.85. The lowest BCUT2D eigenvalue weighted by molar-refractivity contribution is -0.384. The van der Waals surface area contributed by atoms with E-state index in [1.807, 2.05) is 9.80 Å². The number of nitro groups is 1. The standard InChI is InChI=1S/C21H33N5O5S/c1-3-25(4-2)32(30,31)18-8-9-19(20(16-18)26(28)29)23-14-12-22(13-15-23)17-21(27)24-10-6-5-7-11-24/h8-9,16H,3-7,10-15,17H2,1-2H3. The molecule has 2 saturated heterocycles. The molecule has 2 heterocycles. The number of sulfonamides is 1. The Balaban J connectivity index is 1.69. The van der Waals surface area contributed by atoms with Gasteiger partial charge < -0.3 is 9.80 Å². The van der Waals surface area contributed by atoms with Crippen LogP contribution in [-0.2, 0) is 14.8 Å². The molecule has 32 heavy (non-hydrogen) atoms. The molecule has 2 aliphatic heterocycles. The van der Waals surface area contributed by atoms with E-state index >= 15 is 0 Å². The van der Waals surface area contributed by atoms with Gasteiger partial charge in [0.25, 0.3) is 5.69 Å². The molecule has 178 valence electrons. The molecule has 0 aliphatic carbocycles. The second-order valence-electron chi connectivity index (χ2n) is 8.20. The van der Waals surface area contributed by atoms with Crippen molar-refractivity contribution in [2.24, 2.45) is 0 Å². The summed E-state index contributed by atoms with van der Waals surface area (Å²) in [5.74, 6) is 0.148. The Morgan fingerprint density at radius 3 is 2.22 bits per heavy atom. The highest BCUT2D eigenvalue weighted by atomic mass is 32.2. The normalized spacial score (nSPS) is 18.2. The van der Waals surface area contributed by atoms with Gasteiger partial charge in [-0.05, 0) is 31.4 Å². The van der Waals surface area contributed by atoms with E-state index < -0.39 is 14.9 Å². The summed E-state index contributed by atoms with van der Waals surface area (Å²) in [7, 11) is -3.78. The maximum absolute atomic E-state index is 12.8. The number of carbonyl (C=O) groups excluding carboxylic acids is 1. The Labute approximate surface area is 190 Å². The number of nitrogens with zero attached hydrogens (tertiary/aromatic N) is 5. The molecule has 3 rings (SSSR count). The van der Waals surface area contributed by atoms with E-state index in [1.54, 1.807) is 13.8 Å². The maximum Gasteiger partial charge on any atom is 0.293 e.